The summed E-state index contributed by atoms with van der Waals surface area (Å²) in [5.41, 5.74) is 3.82. The van der Waals surface area contributed by atoms with E-state index in [4.69, 9.17) is 0 Å². The Morgan fingerprint density at radius 3 is 2.56 bits per heavy atom. The van der Waals surface area contributed by atoms with Crippen LogP contribution in [0.3, 0.4) is 0 Å². The number of likely N-dealkylation sites (N-methyl/N-ethyl adjacent to an activating group) is 1. The number of hydrogen-bond acceptors (Lipinski definition) is 3. The van der Waals surface area contributed by atoms with Crippen LogP contribution in [0.15, 0.2) is 46.9 Å². The van der Waals surface area contributed by atoms with E-state index in [2.05, 4.69) is 26.6 Å². The highest BCUT2D eigenvalue weighted by Crippen LogP contribution is 2.20. The van der Waals surface area contributed by atoms with Gasteiger partial charge < -0.3 is 15.5 Å². The lowest BCUT2D eigenvalue weighted by atomic mass is 10.1. The number of rotatable bonds is 7. The number of nitrogens with one attached hydrogen (secondary N) is 2. The van der Waals surface area contributed by atoms with Crippen molar-refractivity contribution in [3.63, 3.8) is 0 Å². The Labute approximate surface area is 169 Å². The van der Waals surface area contributed by atoms with E-state index in [1.807, 2.05) is 56.3 Å². The molecule has 2 aromatic carbocycles. The predicted octanol–water partition coefficient (Wildman–Crippen LogP) is 4.22. The first-order valence-corrected chi connectivity index (χ1v) is 9.76. The summed E-state index contributed by atoms with van der Waals surface area (Å²) in [6.45, 7) is 5.83. The van der Waals surface area contributed by atoms with Crippen LogP contribution in [-0.4, -0.2) is 36.3 Å². The molecule has 0 spiro atoms. The van der Waals surface area contributed by atoms with Crippen LogP contribution in [0.2, 0.25) is 0 Å². The molecule has 0 saturated carbocycles. The molecule has 1 atom stereocenters. The molecule has 0 saturated heterocycles. The van der Waals surface area contributed by atoms with Crippen LogP contribution < -0.4 is 10.6 Å². The first-order chi connectivity index (χ1) is 12.8. The van der Waals surface area contributed by atoms with Crippen molar-refractivity contribution in [3.05, 3.63) is 58.1 Å². The maximum absolute atomic E-state index is 12.6. The van der Waals surface area contributed by atoms with E-state index in [1.54, 1.807) is 14.0 Å². The van der Waals surface area contributed by atoms with Gasteiger partial charge in [0.15, 0.2) is 0 Å². The van der Waals surface area contributed by atoms with Gasteiger partial charge in [0.25, 0.3) is 0 Å². The highest BCUT2D eigenvalue weighted by Gasteiger charge is 2.20. The summed E-state index contributed by atoms with van der Waals surface area (Å²) < 4.78 is 1.02. The summed E-state index contributed by atoms with van der Waals surface area (Å²) in [5, 5.41) is 6.08. The third-order valence-electron chi connectivity index (χ3n) is 4.34. The van der Waals surface area contributed by atoms with Crippen LogP contribution in [0, 0.1) is 6.92 Å². The Morgan fingerprint density at radius 2 is 1.89 bits per heavy atom. The molecule has 0 aliphatic heterocycles. The number of carbonyl (C=O) groups is 2. The fourth-order valence-electron chi connectivity index (χ4n) is 2.81. The summed E-state index contributed by atoms with van der Waals surface area (Å²) in [6, 6.07) is 13.1. The number of para-hydroxylation sites is 1. The number of anilines is 2. The van der Waals surface area contributed by atoms with E-state index in [0.29, 0.717) is 0 Å². The quantitative estimate of drug-likeness (QED) is 0.689. The van der Waals surface area contributed by atoms with Crippen LogP contribution in [-0.2, 0) is 16.0 Å². The largest absolute Gasteiger partial charge is 0.374 e. The zero-order chi connectivity index (χ0) is 20.0. The smallest absolute Gasteiger partial charge is 0.244 e. The lowest BCUT2D eigenvalue weighted by Crippen LogP contribution is -2.42. The van der Waals surface area contributed by atoms with Crippen molar-refractivity contribution in [2.75, 3.05) is 24.2 Å². The first kappa shape index (κ1) is 21.0. The summed E-state index contributed by atoms with van der Waals surface area (Å²) in [5.74, 6) is -0.354. The molecule has 0 bridgehead atoms. The second kappa shape index (κ2) is 9.55. The monoisotopic (exact) mass is 431 g/mol. The molecule has 27 heavy (non-hydrogen) atoms. The number of amides is 2. The molecule has 6 heteroatoms. The van der Waals surface area contributed by atoms with Gasteiger partial charge in [-0.2, -0.15) is 0 Å². The minimum atomic E-state index is -0.439. The SMILES string of the molecule is CCc1ccccc1NC(=O)CN(C)C(=O)C(C)Nc1ccc(Br)c(C)c1. The Balaban J connectivity index is 1.93. The van der Waals surface area contributed by atoms with Crippen LogP contribution >= 0.6 is 15.9 Å². The lowest BCUT2D eigenvalue weighted by Gasteiger charge is -2.23. The topological polar surface area (TPSA) is 61.4 Å². The number of benzene rings is 2. The summed E-state index contributed by atoms with van der Waals surface area (Å²) in [6.07, 6.45) is 0.832. The van der Waals surface area contributed by atoms with Crippen molar-refractivity contribution in [1.82, 2.24) is 4.90 Å². The molecule has 0 aromatic heterocycles. The molecular weight excluding hydrogens is 406 g/mol. The lowest BCUT2D eigenvalue weighted by molar-refractivity contribution is -0.133. The van der Waals surface area contributed by atoms with Gasteiger partial charge in [0, 0.05) is 22.9 Å². The van der Waals surface area contributed by atoms with Crippen molar-refractivity contribution >= 4 is 39.1 Å². The molecule has 0 aliphatic carbocycles. The highest BCUT2D eigenvalue weighted by atomic mass is 79.9. The molecular formula is C21H26BrN3O2. The van der Waals surface area contributed by atoms with Gasteiger partial charge >= 0.3 is 0 Å². The standard InChI is InChI=1S/C21H26BrN3O2/c1-5-16-8-6-7-9-19(16)24-20(26)13-25(4)21(27)15(3)23-17-10-11-18(22)14(2)12-17/h6-12,15,23H,5,13H2,1-4H3,(H,24,26). The predicted molar refractivity (Wildman–Crippen MR) is 114 cm³/mol. The molecule has 0 fully saturated rings. The van der Waals surface area contributed by atoms with Gasteiger partial charge in [-0.25, -0.2) is 0 Å². The molecule has 144 valence electrons. The minimum absolute atomic E-state index is 0.00225. The molecule has 1 unspecified atom stereocenters. The zero-order valence-corrected chi connectivity index (χ0v) is 17.8. The summed E-state index contributed by atoms with van der Waals surface area (Å²) in [7, 11) is 1.64. The van der Waals surface area contributed by atoms with Gasteiger partial charge in [-0.3, -0.25) is 9.59 Å². The van der Waals surface area contributed by atoms with Gasteiger partial charge in [-0.05, 0) is 55.7 Å². The maximum Gasteiger partial charge on any atom is 0.244 e. The first-order valence-electron chi connectivity index (χ1n) is 8.97. The second-order valence-corrected chi connectivity index (χ2v) is 7.44. The molecule has 0 aliphatic rings. The van der Waals surface area contributed by atoms with Crippen molar-refractivity contribution in [2.45, 2.75) is 33.2 Å². The zero-order valence-electron chi connectivity index (χ0n) is 16.2. The molecule has 0 radical (unpaired) electrons. The Kier molecular flexibility index (Phi) is 7.42. The fraction of sp³-hybridized carbons (Fsp3) is 0.333. The van der Waals surface area contributed by atoms with Crippen molar-refractivity contribution in [3.8, 4) is 0 Å². The van der Waals surface area contributed by atoms with E-state index in [-0.39, 0.29) is 18.4 Å². The highest BCUT2D eigenvalue weighted by molar-refractivity contribution is 9.10. The van der Waals surface area contributed by atoms with Gasteiger partial charge in [0.1, 0.15) is 6.04 Å². The Bertz CT molecular complexity index is 823. The molecule has 2 N–H and O–H groups in total. The molecule has 2 rings (SSSR count). The van der Waals surface area contributed by atoms with Gasteiger partial charge in [0.05, 0.1) is 6.54 Å². The summed E-state index contributed by atoms with van der Waals surface area (Å²) >= 11 is 3.46. The van der Waals surface area contributed by atoms with Crippen LogP contribution in [0.25, 0.3) is 0 Å². The van der Waals surface area contributed by atoms with E-state index in [0.717, 1.165) is 33.4 Å². The number of nitrogens with zero attached hydrogens (tertiary/aromatic N) is 1. The number of aryl methyl sites for hydroxylation is 2. The third kappa shape index (κ3) is 5.82. The second-order valence-electron chi connectivity index (χ2n) is 6.58. The third-order valence-corrected chi connectivity index (χ3v) is 5.23. The maximum atomic E-state index is 12.6. The molecule has 5 nitrogen and oxygen atoms in total. The van der Waals surface area contributed by atoms with Gasteiger partial charge in [-0.15, -0.1) is 0 Å². The molecule has 0 heterocycles. The Morgan fingerprint density at radius 1 is 1.19 bits per heavy atom. The van der Waals surface area contributed by atoms with Crippen molar-refractivity contribution in [1.29, 1.82) is 0 Å². The van der Waals surface area contributed by atoms with Crippen molar-refractivity contribution in [2.24, 2.45) is 0 Å². The average molecular weight is 432 g/mol. The van der Waals surface area contributed by atoms with Crippen LogP contribution in [0.4, 0.5) is 11.4 Å². The fourth-order valence-corrected chi connectivity index (χ4v) is 3.06. The van der Waals surface area contributed by atoms with E-state index in [1.165, 1.54) is 4.90 Å². The van der Waals surface area contributed by atoms with Gasteiger partial charge in [0.2, 0.25) is 11.8 Å². The van der Waals surface area contributed by atoms with Crippen molar-refractivity contribution < 1.29 is 9.59 Å². The number of halogens is 1. The molecule has 2 aromatic rings. The van der Waals surface area contributed by atoms with Crippen LogP contribution in [0.5, 0.6) is 0 Å². The number of carbonyl (C=O) groups excluding carboxylic acids is 2. The van der Waals surface area contributed by atoms with E-state index >= 15 is 0 Å². The van der Waals surface area contributed by atoms with E-state index in [9.17, 15) is 9.59 Å². The normalized spacial score (nSPS) is 11.6. The minimum Gasteiger partial charge on any atom is -0.374 e. The number of hydrogen-bond donors (Lipinski definition) is 2. The summed E-state index contributed by atoms with van der Waals surface area (Å²) in [4.78, 5) is 26.4. The van der Waals surface area contributed by atoms with Gasteiger partial charge in [-0.1, -0.05) is 41.1 Å². The van der Waals surface area contributed by atoms with E-state index < -0.39 is 6.04 Å². The molecule has 2 amide bonds. The Hall–Kier alpha value is -2.34. The average Bonchev–Trinajstić information content (AvgIpc) is 2.64. The van der Waals surface area contributed by atoms with Crippen LogP contribution in [0.1, 0.15) is 25.0 Å².